The predicted octanol–water partition coefficient (Wildman–Crippen LogP) is 5.90. The van der Waals surface area contributed by atoms with E-state index in [2.05, 4.69) is 9.29 Å². The maximum Gasteiger partial charge on any atom is 0.255 e. The van der Waals surface area contributed by atoms with Crippen LogP contribution < -0.4 is 4.72 Å². The highest BCUT2D eigenvalue weighted by atomic mass is 35.5. The first-order chi connectivity index (χ1) is 17.4. The molecule has 1 saturated heterocycles. The van der Waals surface area contributed by atoms with E-state index in [-0.39, 0.29) is 20.8 Å². The van der Waals surface area contributed by atoms with Crippen molar-refractivity contribution in [3.63, 3.8) is 0 Å². The van der Waals surface area contributed by atoms with Crippen LogP contribution in [0.4, 0.5) is 0 Å². The fraction of sp³-hybridized carbons (Fsp3) is 0.593. The van der Waals surface area contributed by atoms with Crippen molar-refractivity contribution in [1.82, 2.24) is 14.2 Å². The number of benzene rings is 1. The molecular formula is C27H37Cl2N3O4S. The van der Waals surface area contributed by atoms with E-state index < -0.39 is 15.6 Å². The van der Waals surface area contributed by atoms with Gasteiger partial charge in [0.05, 0.1) is 34.5 Å². The number of aromatic nitrogens is 1. The fourth-order valence-corrected chi connectivity index (χ4v) is 7.57. The molecule has 0 unspecified atom stereocenters. The van der Waals surface area contributed by atoms with Crippen molar-refractivity contribution in [2.24, 2.45) is 5.92 Å². The molecule has 1 N–H and O–H groups in total. The molecule has 1 aromatic heterocycles. The number of ether oxygens (including phenoxy) is 1. The van der Waals surface area contributed by atoms with Crippen LogP contribution in [0.25, 0.3) is 11.3 Å². The van der Waals surface area contributed by atoms with Crippen LogP contribution in [0, 0.1) is 12.8 Å². The van der Waals surface area contributed by atoms with Crippen LogP contribution in [0.3, 0.4) is 0 Å². The van der Waals surface area contributed by atoms with Crippen molar-refractivity contribution < 1.29 is 17.9 Å². The summed E-state index contributed by atoms with van der Waals surface area (Å²) in [6.07, 6.45) is 5.97. The average molecular weight is 571 g/mol. The number of carbonyl (C=O) groups excluding carboxylic acids is 1. The van der Waals surface area contributed by atoms with Gasteiger partial charge in [-0.15, -0.1) is 0 Å². The van der Waals surface area contributed by atoms with Gasteiger partial charge >= 0.3 is 0 Å². The third-order valence-corrected chi connectivity index (χ3v) is 9.91. The second-order valence-corrected chi connectivity index (χ2v) is 13.5. The molecule has 0 radical (unpaired) electrons. The second kappa shape index (κ2) is 11.3. The highest BCUT2D eigenvalue weighted by molar-refractivity contribution is 7.89. The topological polar surface area (TPSA) is 80.6 Å². The number of nitrogens with zero attached hydrogens (tertiary/aromatic N) is 2. The van der Waals surface area contributed by atoms with Crippen molar-refractivity contribution in [2.45, 2.75) is 76.8 Å². The molecule has 1 saturated carbocycles. The zero-order chi connectivity index (χ0) is 27.0. The molecule has 0 bridgehead atoms. The minimum atomic E-state index is -3.88. The summed E-state index contributed by atoms with van der Waals surface area (Å²) in [6.45, 7) is 10.2. The van der Waals surface area contributed by atoms with Gasteiger partial charge in [0.25, 0.3) is 5.91 Å². The molecule has 10 heteroatoms. The lowest BCUT2D eigenvalue weighted by Gasteiger charge is -2.27. The van der Waals surface area contributed by atoms with E-state index >= 15 is 0 Å². The molecule has 0 atom stereocenters. The Bertz CT molecular complexity index is 1260. The molecule has 2 aromatic rings. The Balaban J connectivity index is 1.78. The van der Waals surface area contributed by atoms with Gasteiger partial charge in [-0.05, 0) is 64.7 Å². The minimum Gasteiger partial charge on any atom is -0.378 e. The maximum absolute atomic E-state index is 13.5. The second-order valence-electron chi connectivity index (χ2n) is 11.1. The Morgan fingerprint density at radius 2 is 1.73 bits per heavy atom. The number of morpholine rings is 1. The van der Waals surface area contributed by atoms with Crippen molar-refractivity contribution in [2.75, 3.05) is 26.3 Å². The molecule has 204 valence electrons. The van der Waals surface area contributed by atoms with E-state index in [1.807, 2.05) is 17.9 Å². The SMILES string of the molecule is Cc1c(C(=O)N2CCOCC2)cc(-c2ccc(S(=O)(=O)NC(C)(C)C)c(Cl)c2Cl)n1CC1CCCCC1. The monoisotopic (exact) mass is 569 g/mol. The Labute approximate surface area is 230 Å². The number of hydrogen-bond acceptors (Lipinski definition) is 4. The number of rotatable bonds is 6. The first-order valence-electron chi connectivity index (χ1n) is 13.0. The van der Waals surface area contributed by atoms with Crippen molar-refractivity contribution in [3.8, 4) is 11.3 Å². The van der Waals surface area contributed by atoms with E-state index in [4.69, 9.17) is 27.9 Å². The molecule has 2 fully saturated rings. The molecule has 1 amide bonds. The fourth-order valence-electron chi connectivity index (χ4n) is 5.28. The number of halogens is 2. The molecule has 0 spiro atoms. The molecule has 37 heavy (non-hydrogen) atoms. The van der Waals surface area contributed by atoms with E-state index in [0.29, 0.717) is 43.3 Å². The quantitative estimate of drug-likeness (QED) is 0.469. The number of hydrogen-bond donors (Lipinski definition) is 1. The summed E-state index contributed by atoms with van der Waals surface area (Å²) < 4.78 is 36.2. The summed E-state index contributed by atoms with van der Waals surface area (Å²) in [4.78, 5) is 15.2. The van der Waals surface area contributed by atoms with Crippen molar-refractivity contribution in [1.29, 1.82) is 0 Å². The number of amides is 1. The van der Waals surface area contributed by atoms with Crippen LogP contribution in [0.15, 0.2) is 23.1 Å². The number of nitrogens with one attached hydrogen (secondary N) is 1. The Kier molecular flexibility index (Phi) is 8.65. The van der Waals surface area contributed by atoms with Gasteiger partial charge in [-0.3, -0.25) is 4.79 Å². The zero-order valence-corrected chi connectivity index (χ0v) is 24.4. The van der Waals surface area contributed by atoms with Crippen LogP contribution in [-0.2, 0) is 21.3 Å². The van der Waals surface area contributed by atoms with Crippen LogP contribution in [0.5, 0.6) is 0 Å². The molecule has 1 aromatic carbocycles. The zero-order valence-electron chi connectivity index (χ0n) is 22.1. The molecule has 1 aliphatic carbocycles. The molecule has 1 aliphatic heterocycles. The van der Waals surface area contributed by atoms with Crippen molar-refractivity contribution in [3.05, 3.63) is 39.5 Å². The Hall–Kier alpha value is -1.58. The van der Waals surface area contributed by atoms with Crippen LogP contribution in [-0.4, -0.2) is 55.6 Å². The van der Waals surface area contributed by atoms with Gasteiger partial charge in [0, 0.05) is 36.4 Å². The van der Waals surface area contributed by atoms with Gasteiger partial charge in [-0.2, -0.15) is 0 Å². The summed E-state index contributed by atoms with van der Waals surface area (Å²) in [5.41, 5.74) is 2.23. The standard InChI is InChI=1S/C27H37Cl2N3O4S/c1-18-21(26(33)31-12-14-36-15-13-31)16-22(32(18)17-19-8-6-5-7-9-19)20-10-11-23(25(29)24(20)28)37(34,35)30-27(2,3)4/h10-11,16,19,30H,5-9,12-15,17H2,1-4H3. The maximum atomic E-state index is 13.5. The first-order valence-corrected chi connectivity index (χ1v) is 15.2. The van der Waals surface area contributed by atoms with Gasteiger partial charge in [-0.1, -0.05) is 42.5 Å². The molecule has 7 nitrogen and oxygen atoms in total. The third-order valence-electron chi connectivity index (χ3n) is 7.11. The summed E-state index contributed by atoms with van der Waals surface area (Å²) in [7, 11) is -3.88. The smallest absolute Gasteiger partial charge is 0.255 e. The Morgan fingerprint density at radius 3 is 2.35 bits per heavy atom. The lowest BCUT2D eigenvalue weighted by molar-refractivity contribution is 0.0302. The summed E-state index contributed by atoms with van der Waals surface area (Å²) in [5, 5.41) is 0.131. The van der Waals surface area contributed by atoms with Gasteiger partial charge in [0.15, 0.2) is 0 Å². The largest absolute Gasteiger partial charge is 0.378 e. The predicted molar refractivity (Wildman–Crippen MR) is 148 cm³/mol. The molecular weight excluding hydrogens is 533 g/mol. The first kappa shape index (κ1) is 28.4. The highest BCUT2D eigenvalue weighted by Gasteiger charge is 2.30. The molecule has 4 rings (SSSR count). The van der Waals surface area contributed by atoms with Crippen LogP contribution >= 0.6 is 23.2 Å². The molecule has 2 heterocycles. The summed E-state index contributed by atoms with van der Waals surface area (Å²) in [6, 6.07) is 5.07. The minimum absolute atomic E-state index is 0.0276. The molecule has 2 aliphatic rings. The lowest BCUT2D eigenvalue weighted by Crippen LogP contribution is -2.40. The number of sulfonamides is 1. The van der Waals surface area contributed by atoms with Crippen LogP contribution in [0.2, 0.25) is 10.0 Å². The van der Waals surface area contributed by atoms with Crippen molar-refractivity contribution >= 4 is 39.1 Å². The van der Waals surface area contributed by atoms with E-state index in [1.54, 1.807) is 26.8 Å². The van der Waals surface area contributed by atoms with Gasteiger partial charge < -0.3 is 14.2 Å². The van der Waals surface area contributed by atoms with Gasteiger partial charge in [0.2, 0.25) is 10.0 Å². The normalized spacial score (nSPS) is 17.8. The third kappa shape index (κ3) is 6.36. The summed E-state index contributed by atoms with van der Waals surface area (Å²) >= 11 is 13.4. The van der Waals surface area contributed by atoms with E-state index in [1.165, 1.54) is 25.3 Å². The van der Waals surface area contributed by atoms with Gasteiger partial charge in [-0.25, -0.2) is 13.1 Å². The summed E-state index contributed by atoms with van der Waals surface area (Å²) in [5.74, 6) is 0.482. The lowest BCUT2D eigenvalue weighted by atomic mass is 9.89. The highest BCUT2D eigenvalue weighted by Crippen LogP contribution is 2.40. The average Bonchev–Trinajstić information content (AvgIpc) is 3.15. The van der Waals surface area contributed by atoms with Gasteiger partial charge in [0.1, 0.15) is 4.90 Å². The van der Waals surface area contributed by atoms with E-state index in [0.717, 1.165) is 30.8 Å². The van der Waals surface area contributed by atoms with Crippen LogP contribution in [0.1, 0.15) is 68.9 Å². The van der Waals surface area contributed by atoms with E-state index in [9.17, 15) is 13.2 Å². The Morgan fingerprint density at radius 1 is 1.08 bits per heavy atom. The number of carbonyl (C=O) groups is 1.